The zero-order valence-corrected chi connectivity index (χ0v) is 16.1. The first-order valence-corrected chi connectivity index (χ1v) is 9.34. The number of benzene rings is 3. The number of nitrogens with one attached hydrogen (secondary N) is 1. The van der Waals surface area contributed by atoms with E-state index in [2.05, 4.69) is 15.3 Å². The largest absolute Gasteiger partial charge is 0.489 e. The average molecular weight is 404 g/mol. The molecule has 0 radical (unpaired) electrons. The van der Waals surface area contributed by atoms with E-state index >= 15 is 0 Å². The number of ether oxygens (including phenoxy) is 1. The predicted octanol–water partition coefficient (Wildman–Crippen LogP) is 5.21. The van der Waals surface area contributed by atoms with Crippen LogP contribution in [0.3, 0.4) is 0 Å². The zero-order valence-electron chi connectivity index (χ0n) is 15.3. The van der Waals surface area contributed by atoms with Crippen LogP contribution in [0, 0.1) is 10.6 Å². The number of H-pyrrole nitrogens is 1. The van der Waals surface area contributed by atoms with Crippen molar-refractivity contribution in [1.29, 1.82) is 0 Å². The van der Waals surface area contributed by atoms with Gasteiger partial charge in [0.25, 0.3) is 0 Å². The molecule has 0 saturated heterocycles. The van der Waals surface area contributed by atoms with E-state index in [9.17, 15) is 4.39 Å². The van der Waals surface area contributed by atoms with Crippen molar-refractivity contribution in [2.45, 2.75) is 6.61 Å². The molecule has 0 aliphatic rings. The van der Waals surface area contributed by atoms with Crippen molar-refractivity contribution < 1.29 is 9.13 Å². The Labute approximate surface area is 172 Å². The Morgan fingerprint density at radius 1 is 1.03 bits per heavy atom. The van der Waals surface area contributed by atoms with Gasteiger partial charge in [-0.25, -0.2) is 9.49 Å². The molecule has 0 aliphatic heterocycles. The smallest absolute Gasteiger partial charge is 0.216 e. The maximum atomic E-state index is 13.2. The van der Waals surface area contributed by atoms with Gasteiger partial charge in [-0.05, 0) is 59.7 Å². The highest BCUT2D eigenvalue weighted by atomic mass is 32.1. The molecule has 0 amide bonds. The lowest BCUT2D eigenvalue weighted by molar-refractivity contribution is 0.306. The Morgan fingerprint density at radius 3 is 2.62 bits per heavy atom. The number of aromatic nitrogens is 3. The molecule has 4 aromatic rings. The van der Waals surface area contributed by atoms with Gasteiger partial charge in [0.15, 0.2) is 5.82 Å². The highest BCUT2D eigenvalue weighted by molar-refractivity contribution is 7.71. The molecule has 0 atom stereocenters. The number of nitrogens with zero attached hydrogens (tertiary/aromatic N) is 3. The van der Waals surface area contributed by atoms with Crippen molar-refractivity contribution in [3.8, 4) is 17.1 Å². The Balaban J connectivity index is 1.53. The molecule has 0 unspecified atom stereocenters. The fraction of sp³-hybridized carbons (Fsp3) is 0.0455. The molecule has 0 spiro atoms. The maximum absolute atomic E-state index is 13.2. The summed E-state index contributed by atoms with van der Waals surface area (Å²) < 4.78 is 20.9. The fourth-order valence-corrected chi connectivity index (χ4v) is 2.91. The molecule has 144 valence electrons. The molecule has 0 bridgehead atoms. The van der Waals surface area contributed by atoms with Crippen LogP contribution in [0.2, 0.25) is 0 Å². The van der Waals surface area contributed by atoms with E-state index in [4.69, 9.17) is 17.0 Å². The van der Waals surface area contributed by atoms with E-state index in [0.717, 1.165) is 16.9 Å². The molecule has 29 heavy (non-hydrogen) atoms. The molecule has 5 nitrogen and oxygen atoms in total. The van der Waals surface area contributed by atoms with Crippen LogP contribution < -0.4 is 4.74 Å². The quantitative estimate of drug-likeness (QED) is 0.355. The first-order valence-electron chi connectivity index (χ1n) is 8.93. The summed E-state index contributed by atoms with van der Waals surface area (Å²) in [5.41, 5.74) is 2.65. The van der Waals surface area contributed by atoms with E-state index in [0.29, 0.717) is 22.8 Å². The van der Waals surface area contributed by atoms with E-state index in [1.54, 1.807) is 18.3 Å². The number of hydrogen-bond acceptors (Lipinski definition) is 4. The van der Waals surface area contributed by atoms with Crippen LogP contribution in [0.5, 0.6) is 5.75 Å². The molecular formula is C22H17FN4OS. The highest BCUT2D eigenvalue weighted by Gasteiger charge is 2.08. The van der Waals surface area contributed by atoms with Gasteiger partial charge in [0.05, 0.1) is 6.21 Å². The molecule has 0 saturated carbocycles. The summed E-state index contributed by atoms with van der Waals surface area (Å²) in [6.07, 6.45) is 1.67. The Hall–Kier alpha value is -3.58. The molecule has 1 aromatic heterocycles. The molecule has 0 fully saturated rings. The van der Waals surface area contributed by atoms with Gasteiger partial charge in [-0.15, -0.1) is 0 Å². The van der Waals surface area contributed by atoms with Gasteiger partial charge in [-0.2, -0.15) is 14.9 Å². The minimum absolute atomic E-state index is 0.315. The predicted molar refractivity (Wildman–Crippen MR) is 113 cm³/mol. The lowest BCUT2D eigenvalue weighted by Crippen LogP contribution is -1.97. The van der Waals surface area contributed by atoms with Gasteiger partial charge in [-0.1, -0.05) is 42.5 Å². The number of rotatable bonds is 6. The molecule has 0 aliphatic carbocycles. The maximum Gasteiger partial charge on any atom is 0.216 e. The molecule has 1 heterocycles. The third-order valence-electron chi connectivity index (χ3n) is 4.18. The van der Waals surface area contributed by atoms with Gasteiger partial charge in [0.1, 0.15) is 18.2 Å². The van der Waals surface area contributed by atoms with Gasteiger partial charge < -0.3 is 4.74 Å². The van der Waals surface area contributed by atoms with E-state index in [1.165, 1.54) is 16.8 Å². The summed E-state index contributed by atoms with van der Waals surface area (Å²) in [7, 11) is 0. The Kier molecular flexibility index (Phi) is 5.58. The fourth-order valence-electron chi connectivity index (χ4n) is 2.73. The summed E-state index contributed by atoms with van der Waals surface area (Å²) in [5.74, 6) is 0.931. The average Bonchev–Trinajstić information content (AvgIpc) is 3.13. The van der Waals surface area contributed by atoms with Crippen LogP contribution in [0.25, 0.3) is 11.4 Å². The van der Waals surface area contributed by atoms with E-state index < -0.39 is 0 Å². The minimum Gasteiger partial charge on any atom is -0.489 e. The second kappa shape index (κ2) is 8.62. The van der Waals surface area contributed by atoms with Crippen molar-refractivity contribution in [2.24, 2.45) is 5.10 Å². The normalized spacial score (nSPS) is 11.1. The van der Waals surface area contributed by atoms with E-state index in [1.807, 2.05) is 54.6 Å². The van der Waals surface area contributed by atoms with Crippen molar-refractivity contribution in [1.82, 2.24) is 14.9 Å². The van der Waals surface area contributed by atoms with Crippen LogP contribution >= 0.6 is 12.2 Å². The third kappa shape index (κ3) is 4.64. The van der Waals surface area contributed by atoms with Crippen molar-refractivity contribution in [3.63, 3.8) is 0 Å². The summed E-state index contributed by atoms with van der Waals surface area (Å²) >= 11 is 5.27. The van der Waals surface area contributed by atoms with Crippen molar-refractivity contribution in [3.05, 3.63) is 101 Å². The standard InChI is InChI=1S/C22H17FN4OS/c23-19-11-9-18(10-12-19)21-25-26-22(29)27(21)24-14-17-7-4-8-20(13-17)28-15-16-5-2-1-3-6-16/h1-14H,15H2,(H,26,29). The second-order valence-corrected chi connectivity index (χ2v) is 6.65. The first-order chi connectivity index (χ1) is 14.2. The second-order valence-electron chi connectivity index (χ2n) is 6.26. The number of aromatic amines is 1. The Bertz CT molecular complexity index is 1180. The summed E-state index contributed by atoms with van der Waals surface area (Å²) in [6, 6.07) is 23.6. The molecule has 7 heteroatoms. The van der Waals surface area contributed by atoms with Gasteiger partial charge >= 0.3 is 0 Å². The van der Waals surface area contributed by atoms with Crippen LogP contribution in [0.4, 0.5) is 4.39 Å². The summed E-state index contributed by atoms with van der Waals surface area (Å²) in [5, 5.41) is 11.4. The third-order valence-corrected chi connectivity index (χ3v) is 4.45. The zero-order chi connectivity index (χ0) is 20.1. The highest BCUT2D eigenvalue weighted by Crippen LogP contribution is 2.18. The first kappa shape index (κ1) is 18.8. The summed E-state index contributed by atoms with van der Waals surface area (Å²) in [4.78, 5) is 0. The lowest BCUT2D eigenvalue weighted by atomic mass is 10.2. The van der Waals surface area contributed by atoms with Gasteiger partial charge in [0.2, 0.25) is 4.77 Å². The topological polar surface area (TPSA) is 55.2 Å². The van der Waals surface area contributed by atoms with Crippen LogP contribution in [-0.4, -0.2) is 21.1 Å². The van der Waals surface area contributed by atoms with Crippen LogP contribution in [0.1, 0.15) is 11.1 Å². The van der Waals surface area contributed by atoms with Crippen molar-refractivity contribution in [2.75, 3.05) is 0 Å². The SMILES string of the molecule is Fc1ccc(-c2n[nH]c(=S)n2N=Cc2cccc(OCc3ccccc3)c2)cc1. The van der Waals surface area contributed by atoms with E-state index in [-0.39, 0.29) is 5.82 Å². The molecular weight excluding hydrogens is 387 g/mol. The minimum atomic E-state index is -0.315. The molecule has 1 N–H and O–H groups in total. The lowest BCUT2D eigenvalue weighted by Gasteiger charge is -2.07. The van der Waals surface area contributed by atoms with Gasteiger partial charge in [-0.3, -0.25) is 0 Å². The summed E-state index contributed by atoms with van der Waals surface area (Å²) in [6.45, 7) is 0.489. The van der Waals surface area contributed by atoms with Crippen LogP contribution in [-0.2, 0) is 6.61 Å². The van der Waals surface area contributed by atoms with Crippen molar-refractivity contribution >= 4 is 18.4 Å². The Morgan fingerprint density at radius 2 is 1.83 bits per heavy atom. The number of hydrogen-bond donors (Lipinski definition) is 1. The van der Waals surface area contributed by atoms with Crippen LogP contribution in [0.15, 0.2) is 84.0 Å². The van der Waals surface area contributed by atoms with Gasteiger partial charge in [0, 0.05) is 5.56 Å². The number of halogens is 1. The molecule has 3 aromatic carbocycles. The molecule has 4 rings (SSSR count). The monoisotopic (exact) mass is 404 g/mol.